The molecule has 1 aliphatic carbocycles. The molecule has 112 valence electrons. The van der Waals surface area contributed by atoms with Gasteiger partial charge < -0.3 is 14.6 Å². The predicted octanol–water partition coefficient (Wildman–Crippen LogP) is 1.98. The van der Waals surface area contributed by atoms with Crippen molar-refractivity contribution in [2.24, 2.45) is 7.05 Å². The van der Waals surface area contributed by atoms with Crippen molar-refractivity contribution in [3.8, 4) is 0 Å². The van der Waals surface area contributed by atoms with E-state index >= 15 is 0 Å². The minimum Gasteiger partial charge on any atom is -0.465 e. The fraction of sp³-hybridized carbons (Fsp3) is 0.714. The number of thioether (sulfide) groups is 1. The highest BCUT2D eigenvalue weighted by Crippen LogP contribution is 2.40. The summed E-state index contributed by atoms with van der Waals surface area (Å²) in [7, 11) is 1.99. The quantitative estimate of drug-likeness (QED) is 0.814. The first kappa shape index (κ1) is 15.4. The zero-order chi connectivity index (χ0) is 14.6. The number of carbonyl (C=O) groups is 1. The zero-order valence-electron chi connectivity index (χ0n) is 12.4. The molecule has 0 saturated heterocycles. The molecule has 0 aromatic carbocycles. The molecular weight excluding hydrogens is 274 g/mol. The molecule has 6 heteroatoms. The van der Waals surface area contributed by atoms with E-state index in [9.17, 15) is 4.79 Å². The molecule has 1 N–H and O–H groups in total. The number of rotatable bonds is 6. The van der Waals surface area contributed by atoms with E-state index in [2.05, 4.69) is 10.3 Å². The summed E-state index contributed by atoms with van der Waals surface area (Å²) < 4.78 is 7.27. The lowest BCUT2D eigenvalue weighted by Crippen LogP contribution is -2.51. The van der Waals surface area contributed by atoms with E-state index in [1.807, 2.05) is 31.7 Å². The first-order valence-corrected chi connectivity index (χ1v) is 8.05. The first-order chi connectivity index (χ1) is 9.61. The Hall–Kier alpha value is -1.01. The van der Waals surface area contributed by atoms with Crippen molar-refractivity contribution >= 4 is 17.7 Å². The molecule has 2 rings (SSSR count). The van der Waals surface area contributed by atoms with Gasteiger partial charge in [0.05, 0.1) is 6.61 Å². The van der Waals surface area contributed by atoms with Crippen molar-refractivity contribution in [1.82, 2.24) is 14.9 Å². The van der Waals surface area contributed by atoms with Crippen LogP contribution in [0.25, 0.3) is 0 Å². The van der Waals surface area contributed by atoms with Gasteiger partial charge in [-0.1, -0.05) is 18.7 Å². The van der Waals surface area contributed by atoms with E-state index in [4.69, 9.17) is 4.74 Å². The summed E-state index contributed by atoms with van der Waals surface area (Å²) in [5.41, 5.74) is -0.506. The van der Waals surface area contributed by atoms with Gasteiger partial charge >= 0.3 is 5.97 Å². The normalized spacial score (nSPS) is 25.9. The SMILES string of the molecule is CCNC1(C(=O)OCC)CCC(Sc2nccn2C)C1. The van der Waals surface area contributed by atoms with Crippen molar-refractivity contribution in [3.63, 3.8) is 0 Å². The molecular formula is C14H23N3O2S. The third kappa shape index (κ3) is 3.17. The maximum atomic E-state index is 12.3. The van der Waals surface area contributed by atoms with Crippen LogP contribution in [0.5, 0.6) is 0 Å². The Kier molecular flexibility index (Phi) is 5.10. The van der Waals surface area contributed by atoms with Gasteiger partial charge in [0, 0.05) is 24.7 Å². The average molecular weight is 297 g/mol. The lowest BCUT2D eigenvalue weighted by Gasteiger charge is -2.27. The summed E-state index contributed by atoms with van der Waals surface area (Å²) in [5, 5.41) is 4.76. The van der Waals surface area contributed by atoms with Crippen LogP contribution in [0.4, 0.5) is 0 Å². The molecule has 20 heavy (non-hydrogen) atoms. The second-order valence-electron chi connectivity index (χ2n) is 5.14. The summed E-state index contributed by atoms with van der Waals surface area (Å²) in [6.45, 7) is 5.09. The summed E-state index contributed by atoms with van der Waals surface area (Å²) in [6.07, 6.45) is 6.39. The number of nitrogens with zero attached hydrogens (tertiary/aromatic N) is 2. The number of esters is 1. The lowest BCUT2D eigenvalue weighted by atomic mass is 9.98. The molecule has 0 aliphatic heterocycles. The van der Waals surface area contributed by atoms with Gasteiger partial charge in [0.15, 0.2) is 5.16 Å². The fourth-order valence-electron chi connectivity index (χ4n) is 2.74. The van der Waals surface area contributed by atoms with Crippen molar-refractivity contribution in [2.45, 2.75) is 49.1 Å². The van der Waals surface area contributed by atoms with Crippen LogP contribution in [0.1, 0.15) is 33.1 Å². The number of likely N-dealkylation sites (N-methyl/N-ethyl adjacent to an activating group) is 1. The van der Waals surface area contributed by atoms with E-state index in [0.717, 1.165) is 31.0 Å². The number of aryl methyl sites for hydroxylation is 1. The second kappa shape index (κ2) is 6.63. The van der Waals surface area contributed by atoms with E-state index < -0.39 is 5.54 Å². The molecule has 2 atom stereocenters. The fourth-order valence-corrected chi connectivity index (χ4v) is 3.99. The maximum Gasteiger partial charge on any atom is 0.326 e. The molecule has 1 aromatic heterocycles. The monoisotopic (exact) mass is 297 g/mol. The summed E-state index contributed by atoms with van der Waals surface area (Å²) in [6, 6.07) is 0. The Bertz CT molecular complexity index is 463. The predicted molar refractivity (Wildman–Crippen MR) is 79.7 cm³/mol. The van der Waals surface area contributed by atoms with Crippen LogP contribution in [0.15, 0.2) is 17.6 Å². The minimum atomic E-state index is -0.506. The largest absolute Gasteiger partial charge is 0.465 e. The molecule has 0 radical (unpaired) electrons. The van der Waals surface area contributed by atoms with Crippen molar-refractivity contribution in [2.75, 3.05) is 13.2 Å². The van der Waals surface area contributed by atoms with Gasteiger partial charge in [-0.3, -0.25) is 4.79 Å². The third-order valence-corrected chi connectivity index (χ3v) is 5.04. The summed E-state index contributed by atoms with van der Waals surface area (Å²) >= 11 is 1.75. The molecule has 1 fully saturated rings. The number of ether oxygens (including phenoxy) is 1. The molecule has 0 bridgehead atoms. The van der Waals surface area contributed by atoms with Crippen LogP contribution in [-0.4, -0.2) is 39.5 Å². The molecule has 1 aliphatic rings. The van der Waals surface area contributed by atoms with Crippen LogP contribution in [0.2, 0.25) is 0 Å². The van der Waals surface area contributed by atoms with E-state index in [1.165, 1.54) is 0 Å². The number of hydrogen-bond acceptors (Lipinski definition) is 5. The Labute approximate surface area is 124 Å². The number of hydrogen-bond donors (Lipinski definition) is 1. The first-order valence-electron chi connectivity index (χ1n) is 7.17. The van der Waals surface area contributed by atoms with Crippen molar-refractivity contribution < 1.29 is 9.53 Å². The van der Waals surface area contributed by atoms with E-state index in [-0.39, 0.29) is 5.97 Å². The summed E-state index contributed by atoms with van der Waals surface area (Å²) in [4.78, 5) is 16.6. The number of aromatic nitrogens is 2. The van der Waals surface area contributed by atoms with Crippen molar-refractivity contribution in [1.29, 1.82) is 0 Å². The topological polar surface area (TPSA) is 56.1 Å². The maximum absolute atomic E-state index is 12.3. The van der Waals surface area contributed by atoms with E-state index in [1.54, 1.807) is 18.0 Å². The Morgan fingerprint density at radius 1 is 1.65 bits per heavy atom. The molecule has 5 nitrogen and oxygen atoms in total. The Morgan fingerprint density at radius 3 is 3.05 bits per heavy atom. The molecule has 1 aromatic rings. The van der Waals surface area contributed by atoms with Crippen LogP contribution >= 0.6 is 11.8 Å². The van der Waals surface area contributed by atoms with Gasteiger partial charge in [-0.25, -0.2) is 4.98 Å². The average Bonchev–Trinajstić information content (AvgIpc) is 3.00. The van der Waals surface area contributed by atoms with Crippen LogP contribution < -0.4 is 5.32 Å². The molecule has 1 heterocycles. The highest BCUT2D eigenvalue weighted by Gasteiger charge is 2.46. The molecule has 1 saturated carbocycles. The second-order valence-corrected chi connectivity index (χ2v) is 6.40. The lowest BCUT2D eigenvalue weighted by molar-refractivity contribution is -0.151. The van der Waals surface area contributed by atoms with Gasteiger partial charge in [-0.2, -0.15) is 0 Å². The van der Waals surface area contributed by atoms with Crippen LogP contribution in [0.3, 0.4) is 0 Å². The Balaban J connectivity index is 2.03. The number of carbonyl (C=O) groups excluding carboxylic acids is 1. The van der Waals surface area contributed by atoms with Gasteiger partial charge in [0.2, 0.25) is 0 Å². The van der Waals surface area contributed by atoms with Gasteiger partial charge in [0.25, 0.3) is 0 Å². The highest BCUT2D eigenvalue weighted by atomic mass is 32.2. The number of nitrogens with one attached hydrogen (secondary N) is 1. The molecule has 0 spiro atoms. The highest BCUT2D eigenvalue weighted by molar-refractivity contribution is 7.99. The summed E-state index contributed by atoms with van der Waals surface area (Å²) in [5.74, 6) is -0.107. The number of imidazole rings is 1. The Morgan fingerprint density at radius 2 is 2.45 bits per heavy atom. The zero-order valence-corrected chi connectivity index (χ0v) is 13.2. The van der Waals surface area contributed by atoms with Crippen LogP contribution in [-0.2, 0) is 16.6 Å². The van der Waals surface area contributed by atoms with Gasteiger partial charge in [-0.05, 0) is 32.7 Å². The third-order valence-electron chi connectivity index (χ3n) is 3.70. The van der Waals surface area contributed by atoms with Crippen molar-refractivity contribution in [3.05, 3.63) is 12.4 Å². The van der Waals surface area contributed by atoms with Gasteiger partial charge in [0.1, 0.15) is 5.54 Å². The standard InChI is InChI=1S/C14H23N3O2S/c1-4-16-14(12(18)19-5-2)7-6-11(10-14)20-13-15-8-9-17(13)3/h8-9,11,16H,4-7,10H2,1-3H3. The minimum absolute atomic E-state index is 0.107. The molecule has 0 amide bonds. The van der Waals surface area contributed by atoms with Crippen LogP contribution in [0, 0.1) is 0 Å². The van der Waals surface area contributed by atoms with E-state index in [0.29, 0.717) is 11.9 Å². The van der Waals surface area contributed by atoms with Gasteiger partial charge in [-0.15, -0.1) is 0 Å². The molecule has 2 unspecified atom stereocenters. The smallest absolute Gasteiger partial charge is 0.326 e.